The summed E-state index contributed by atoms with van der Waals surface area (Å²) in [5.41, 5.74) is 3.89. The first-order valence-electron chi connectivity index (χ1n) is 8.14. The lowest BCUT2D eigenvalue weighted by molar-refractivity contribution is 0.408. The number of nitrogens with zero attached hydrogens (tertiary/aromatic N) is 2. The lowest BCUT2D eigenvalue weighted by Gasteiger charge is -2.12. The SMILES string of the molecule is CCCc1c(-c2cccc(F)c2)ncn1Cc1ccccc1OC. The monoisotopic (exact) mass is 324 g/mol. The Morgan fingerprint density at radius 1 is 1.12 bits per heavy atom. The maximum Gasteiger partial charge on any atom is 0.123 e. The molecule has 0 N–H and O–H groups in total. The number of hydrogen-bond donors (Lipinski definition) is 0. The van der Waals surface area contributed by atoms with Crippen LogP contribution in [0, 0.1) is 5.82 Å². The van der Waals surface area contributed by atoms with Gasteiger partial charge in [-0.25, -0.2) is 9.37 Å². The van der Waals surface area contributed by atoms with Gasteiger partial charge in [-0.2, -0.15) is 0 Å². The Kier molecular flexibility index (Phi) is 4.94. The van der Waals surface area contributed by atoms with E-state index in [0.717, 1.165) is 41.1 Å². The van der Waals surface area contributed by atoms with Crippen LogP contribution in [0.4, 0.5) is 4.39 Å². The summed E-state index contributed by atoms with van der Waals surface area (Å²) in [6.45, 7) is 2.82. The Balaban J connectivity index is 2.00. The average molecular weight is 324 g/mol. The molecule has 0 spiro atoms. The largest absolute Gasteiger partial charge is 0.496 e. The third-order valence-corrected chi connectivity index (χ3v) is 4.06. The molecule has 0 radical (unpaired) electrons. The van der Waals surface area contributed by atoms with Crippen LogP contribution >= 0.6 is 0 Å². The molecule has 3 rings (SSSR count). The molecule has 0 aliphatic rings. The Morgan fingerprint density at radius 3 is 2.71 bits per heavy atom. The Bertz CT molecular complexity index is 826. The van der Waals surface area contributed by atoms with E-state index in [1.54, 1.807) is 13.2 Å². The molecular weight excluding hydrogens is 303 g/mol. The zero-order valence-electron chi connectivity index (χ0n) is 14.0. The quantitative estimate of drug-likeness (QED) is 0.657. The molecule has 1 heterocycles. The number of methoxy groups -OCH3 is 1. The number of hydrogen-bond acceptors (Lipinski definition) is 2. The van der Waals surface area contributed by atoms with Crippen molar-refractivity contribution in [1.82, 2.24) is 9.55 Å². The first-order valence-corrected chi connectivity index (χ1v) is 8.14. The summed E-state index contributed by atoms with van der Waals surface area (Å²) in [5, 5.41) is 0. The van der Waals surface area contributed by atoms with Gasteiger partial charge in [0.1, 0.15) is 11.6 Å². The summed E-state index contributed by atoms with van der Waals surface area (Å²) < 4.78 is 21.1. The van der Waals surface area contributed by atoms with Crippen molar-refractivity contribution < 1.29 is 9.13 Å². The molecule has 4 heteroatoms. The normalized spacial score (nSPS) is 10.8. The first-order chi connectivity index (χ1) is 11.7. The highest BCUT2D eigenvalue weighted by Crippen LogP contribution is 2.26. The number of imidazole rings is 1. The minimum absolute atomic E-state index is 0.241. The van der Waals surface area contributed by atoms with E-state index in [0.29, 0.717) is 6.54 Å². The molecule has 0 aliphatic carbocycles. The molecule has 3 nitrogen and oxygen atoms in total. The summed E-state index contributed by atoms with van der Waals surface area (Å²) >= 11 is 0. The standard InChI is InChI=1S/C20H21FN2O/c1-3-7-18-20(15-9-6-10-17(21)12-15)22-14-23(18)13-16-8-4-5-11-19(16)24-2/h4-6,8-12,14H,3,7,13H2,1-2H3. The molecular formula is C20H21FN2O. The molecule has 0 aliphatic heterocycles. The van der Waals surface area contributed by atoms with Gasteiger partial charge in [-0.15, -0.1) is 0 Å². The minimum Gasteiger partial charge on any atom is -0.496 e. The van der Waals surface area contributed by atoms with Gasteiger partial charge >= 0.3 is 0 Å². The van der Waals surface area contributed by atoms with E-state index in [9.17, 15) is 4.39 Å². The second-order valence-electron chi connectivity index (χ2n) is 5.74. The van der Waals surface area contributed by atoms with Crippen molar-refractivity contribution in [3.8, 4) is 17.0 Å². The van der Waals surface area contributed by atoms with E-state index in [-0.39, 0.29) is 5.82 Å². The molecule has 0 fully saturated rings. The maximum absolute atomic E-state index is 13.6. The van der Waals surface area contributed by atoms with Crippen LogP contribution in [0.15, 0.2) is 54.9 Å². The first kappa shape index (κ1) is 16.2. The molecule has 0 saturated carbocycles. The number of benzene rings is 2. The lowest BCUT2D eigenvalue weighted by atomic mass is 10.1. The molecule has 24 heavy (non-hydrogen) atoms. The van der Waals surface area contributed by atoms with Gasteiger partial charge in [0.2, 0.25) is 0 Å². The van der Waals surface area contributed by atoms with Crippen LogP contribution in [0.25, 0.3) is 11.3 Å². The maximum atomic E-state index is 13.6. The van der Waals surface area contributed by atoms with Crippen LogP contribution in [0.3, 0.4) is 0 Å². The second kappa shape index (κ2) is 7.30. The number of aromatic nitrogens is 2. The number of ether oxygens (including phenoxy) is 1. The number of para-hydroxylation sites is 1. The second-order valence-corrected chi connectivity index (χ2v) is 5.74. The topological polar surface area (TPSA) is 27.1 Å². The highest BCUT2D eigenvalue weighted by Gasteiger charge is 2.14. The molecule has 0 saturated heterocycles. The van der Waals surface area contributed by atoms with Crippen LogP contribution in [0.5, 0.6) is 5.75 Å². The van der Waals surface area contributed by atoms with Crippen molar-refractivity contribution in [2.75, 3.05) is 7.11 Å². The van der Waals surface area contributed by atoms with E-state index in [1.807, 2.05) is 30.6 Å². The average Bonchev–Trinajstić information content (AvgIpc) is 2.98. The molecule has 0 atom stereocenters. The van der Waals surface area contributed by atoms with Gasteiger partial charge in [0.25, 0.3) is 0 Å². The van der Waals surface area contributed by atoms with Crippen LogP contribution in [-0.4, -0.2) is 16.7 Å². The van der Waals surface area contributed by atoms with Crippen molar-refractivity contribution >= 4 is 0 Å². The summed E-state index contributed by atoms with van der Waals surface area (Å²) in [6, 6.07) is 14.6. The number of rotatable bonds is 6. The predicted molar refractivity (Wildman–Crippen MR) is 93.7 cm³/mol. The van der Waals surface area contributed by atoms with Gasteiger partial charge in [0, 0.05) is 16.8 Å². The molecule has 0 unspecified atom stereocenters. The molecule has 3 aromatic rings. The van der Waals surface area contributed by atoms with Gasteiger partial charge in [0.05, 0.1) is 25.7 Å². The van der Waals surface area contributed by atoms with Crippen LogP contribution in [-0.2, 0) is 13.0 Å². The van der Waals surface area contributed by atoms with E-state index in [4.69, 9.17) is 4.74 Å². The van der Waals surface area contributed by atoms with Crippen molar-refractivity contribution in [2.24, 2.45) is 0 Å². The van der Waals surface area contributed by atoms with Gasteiger partial charge < -0.3 is 9.30 Å². The van der Waals surface area contributed by atoms with Crippen molar-refractivity contribution in [3.05, 3.63) is 71.9 Å². The van der Waals surface area contributed by atoms with Crippen LogP contribution in [0.1, 0.15) is 24.6 Å². The fourth-order valence-electron chi connectivity index (χ4n) is 2.94. The zero-order chi connectivity index (χ0) is 16.9. The van der Waals surface area contributed by atoms with Crippen molar-refractivity contribution in [3.63, 3.8) is 0 Å². The van der Waals surface area contributed by atoms with E-state index in [2.05, 4.69) is 22.5 Å². The molecule has 124 valence electrons. The van der Waals surface area contributed by atoms with Gasteiger partial charge in [-0.05, 0) is 24.6 Å². The fourth-order valence-corrected chi connectivity index (χ4v) is 2.94. The smallest absolute Gasteiger partial charge is 0.123 e. The summed E-state index contributed by atoms with van der Waals surface area (Å²) in [5.74, 6) is 0.621. The molecule has 0 amide bonds. The highest BCUT2D eigenvalue weighted by molar-refractivity contribution is 5.62. The molecule has 2 aromatic carbocycles. The molecule has 1 aromatic heterocycles. The Labute approximate surface area is 141 Å². The van der Waals surface area contributed by atoms with E-state index >= 15 is 0 Å². The number of halogens is 1. The lowest BCUT2D eigenvalue weighted by Crippen LogP contribution is -2.05. The predicted octanol–water partition coefficient (Wildman–Crippen LogP) is 4.70. The zero-order valence-corrected chi connectivity index (χ0v) is 14.0. The Hall–Kier alpha value is -2.62. The van der Waals surface area contributed by atoms with E-state index < -0.39 is 0 Å². The van der Waals surface area contributed by atoms with Crippen molar-refractivity contribution in [1.29, 1.82) is 0 Å². The summed E-state index contributed by atoms with van der Waals surface area (Å²) in [7, 11) is 1.68. The highest BCUT2D eigenvalue weighted by atomic mass is 19.1. The van der Waals surface area contributed by atoms with Gasteiger partial charge in [-0.3, -0.25) is 0 Å². The summed E-state index contributed by atoms with van der Waals surface area (Å²) in [4.78, 5) is 4.55. The van der Waals surface area contributed by atoms with Crippen LogP contribution < -0.4 is 4.74 Å². The summed E-state index contributed by atoms with van der Waals surface area (Å²) in [6.07, 6.45) is 3.72. The van der Waals surface area contributed by atoms with Crippen molar-refractivity contribution in [2.45, 2.75) is 26.3 Å². The third-order valence-electron chi connectivity index (χ3n) is 4.06. The fraction of sp³-hybridized carbons (Fsp3) is 0.250. The van der Waals surface area contributed by atoms with E-state index in [1.165, 1.54) is 12.1 Å². The Morgan fingerprint density at radius 2 is 1.96 bits per heavy atom. The van der Waals surface area contributed by atoms with Crippen LogP contribution in [0.2, 0.25) is 0 Å². The minimum atomic E-state index is -0.241. The van der Waals surface area contributed by atoms with Gasteiger partial charge in [0.15, 0.2) is 0 Å². The molecule has 0 bridgehead atoms. The third kappa shape index (κ3) is 3.32. The van der Waals surface area contributed by atoms with Gasteiger partial charge in [-0.1, -0.05) is 43.7 Å².